The first-order chi connectivity index (χ1) is 8.35. The summed E-state index contributed by atoms with van der Waals surface area (Å²) in [7, 11) is 1.56. The third kappa shape index (κ3) is 3.89. The summed E-state index contributed by atoms with van der Waals surface area (Å²) in [5.41, 5.74) is -0.189. The maximum Gasteiger partial charge on any atom is 0.323 e. The van der Waals surface area contributed by atoms with E-state index in [1.807, 2.05) is 13.8 Å². The van der Waals surface area contributed by atoms with Crippen molar-refractivity contribution in [3.8, 4) is 0 Å². The summed E-state index contributed by atoms with van der Waals surface area (Å²) < 4.78 is 6.39. The number of nitrogens with one attached hydrogen (secondary N) is 1. The van der Waals surface area contributed by atoms with Gasteiger partial charge in [0.2, 0.25) is 0 Å². The number of carboxylic acid groups (broad SMARTS) is 1. The number of aliphatic carboxylic acids is 1. The zero-order valence-corrected chi connectivity index (χ0v) is 10.8. The Hall–Kier alpha value is -1.82. The lowest BCUT2D eigenvalue weighted by molar-refractivity contribution is -0.137. The number of hydrogen-bond donors (Lipinski definition) is 2. The molecular weight excluding hydrogens is 236 g/mol. The number of aromatic nitrogens is 1. The van der Waals surface area contributed by atoms with Gasteiger partial charge in [-0.1, -0.05) is 0 Å². The Labute approximate surface area is 106 Å². The van der Waals surface area contributed by atoms with Gasteiger partial charge in [0.1, 0.15) is 12.2 Å². The predicted octanol–water partition coefficient (Wildman–Crippen LogP) is 0.728. The molecule has 2 N–H and O–H groups in total. The number of carbonyl (C=O) groups excluding carboxylic acids is 1. The van der Waals surface area contributed by atoms with E-state index in [1.54, 1.807) is 25.4 Å². The minimum Gasteiger partial charge on any atom is -0.480 e. The normalized spacial score (nSPS) is 11.3. The average molecular weight is 254 g/mol. The first-order valence-corrected chi connectivity index (χ1v) is 5.54. The minimum absolute atomic E-state index is 0.236. The number of carboxylic acids is 1. The van der Waals surface area contributed by atoms with Gasteiger partial charge in [0.15, 0.2) is 0 Å². The average Bonchev–Trinajstić information content (AvgIpc) is 2.63. The molecule has 0 saturated carbocycles. The summed E-state index contributed by atoms with van der Waals surface area (Å²) in [6.07, 6.45) is 1.56. The number of nitrogens with zero attached hydrogens (tertiary/aromatic N) is 1. The lowest BCUT2D eigenvalue weighted by Crippen LogP contribution is -2.47. The van der Waals surface area contributed by atoms with Crippen molar-refractivity contribution >= 4 is 11.9 Å². The fourth-order valence-corrected chi connectivity index (χ4v) is 1.67. The number of amides is 1. The molecule has 1 rings (SSSR count). The Morgan fingerprint density at radius 3 is 2.72 bits per heavy atom. The molecular formula is C12H18N2O4. The molecule has 0 atom stereocenters. The second-order valence-electron chi connectivity index (χ2n) is 4.69. The summed E-state index contributed by atoms with van der Waals surface area (Å²) in [5, 5.41) is 11.5. The summed E-state index contributed by atoms with van der Waals surface area (Å²) in [6, 6.07) is 3.22. The molecule has 100 valence electrons. The van der Waals surface area contributed by atoms with Crippen LogP contribution in [0.2, 0.25) is 0 Å². The molecule has 1 aromatic rings. The number of rotatable bonds is 6. The van der Waals surface area contributed by atoms with Crippen LogP contribution in [-0.4, -0.2) is 40.8 Å². The van der Waals surface area contributed by atoms with E-state index >= 15 is 0 Å². The highest BCUT2D eigenvalue weighted by atomic mass is 16.5. The van der Waals surface area contributed by atoms with Gasteiger partial charge in [-0.25, -0.2) is 0 Å². The van der Waals surface area contributed by atoms with Crippen LogP contribution in [0.25, 0.3) is 0 Å². The van der Waals surface area contributed by atoms with Gasteiger partial charge in [-0.15, -0.1) is 0 Å². The van der Waals surface area contributed by atoms with Crippen molar-refractivity contribution in [2.45, 2.75) is 25.9 Å². The van der Waals surface area contributed by atoms with Crippen molar-refractivity contribution < 1.29 is 19.4 Å². The Balaban J connectivity index is 2.78. The van der Waals surface area contributed by atoms with Crippen LogP contribution in [0.5, 0.6) is 0 Å². The topological polar surface area (TPSA) is 80.6 Å². The number of methoxy groups -OCH3 is 1. The van der Waals surface area contributed by atoms with Gasteiger partial charge in [-0.05, 0) is 26.0 Å². The second-order valence-corrected chi connectivity index (χ2v) is 4.69. The highest BCUT2D eigenvalue weighted by Gasteiger charge is 2.22. The third-order valence-corrected chi connectivity index (χ3v) is 2.32. The SMILES string of the molecule is COCC(C)(C)NC(=O)c1cccn1CC(=O)O. The fraction of sp³-hybridized carbons (Fsp3) is 0.500. The summed E-state index contributed by atoms with van der Waals surface area (Å²) in [4.78, 5) is 22.7. The van der Waals surface area contributed by atoms with E-state index in [1.165, 1.54) is 4.57 Å². The van der Waals surface area contributed by atoms with Gasteiger partial charge in [-0.3, -0.25) is 9.59 Å². The van der Waals surface area contributed by atoms with E-state index in [2.05, 4.69) is 5.32 Å². The molecule has 0 unspecified atom stereocenters. The number of ether oxygens (including phenoxy) is 1. The van der Waals surface area contributed by atoms with Gasteiger partial charge in [-0.2, -0.15) is 0 Å². The van der Waals surface area contributed by atoms with E-state index in [0.29, 0.717) is 12.3 Å². The van der Waals surface area contributed by atoms with Crippen LogP contribution >= 0.6 is 0 Å². The predicted molar refractivity (Wildman–Crippen MR) is 65.5 cm³/mol. The van der Waals surface area contributed by atoms with Gasteiger partial charge in [0, 0.05) is 13.3 Å². The third-order valence-electron chi connectivity index (χ3n) is 2.32. The first kappa shape index (κ1) is 14.2. The highest BCUT2D eigenvalue weighted by molar-refractivity contribution is 5.93. The van der Waals surface area contributed by atoms with E-state index in [4.69, 9.17) is 9.84 Å². The number of carbonyl (C=O) groups is 2. The monoisotopic (exact) mass is 254 g/mol. The molecule has 0 aliphatic heterocycles. The van der Waals surface area contributed by atoms with Gasteiger partial charge < -0.3 is 19.7 Å². The van der Waals surface area contributed by atoms with Crippen molar-refractivity contribution in [3.63, 3.8) is 0 Å². The molecule has 0 radical (unpaired) electrons. The van der Waals surface area contributed by atoms with Crippen LogP contribution in [0.15, 0.2) is 18.3 Å². The van der Waals surface area contributed by atoms with Crippen LogP contribution < -0.4 is 5.32 Å². The standard InChI is InChI=1S/C12H18N2O4/c1-12(2,8-18-3)13-11(17)9-5-4-6-14(9)7-10(15)16/h4-6H,7-8H2,1-3H3,(H,13,17)(H,15,16). The molecule has 1 aromatic heterocycles. The summed E-state index contributed by atoms with van der Waals surface area (Å²) >= 11 is 0. The van der Waals surface area contributed by atoms with E-state index in [9.17, 15) is 9.59 Å². The fourth-order valence-electron chi connectivity index (χ4n) is 1.67. The second kappa shape index (κ2) is 5.68. The molecule has 0 spiro atoms. The quantitative estimate of drug-likeness (QED) is 0.784. The smallest absolute Gasteiger partial charge is 0.323 e. The van der Waals surface area contributed by atoms with E-state index in [0.717, 1.165) is 0 Å². The zero-order chi connectivity index (χ0) is 13.8. The van der Waals surface area contributed by atoms with Crippen molar-refractivity contribution in [3.05, 3.63) is 24.0 Å². The van der Waals surface area contributed by atoms with Crippen molar-refractivity contribution in [1.29, 1.82) is 0 Å². The lowest BCUT2D eigenvalue weighted by Gasteiger charge is -2.25. The van der Waals surface area contributed by atoms with Crippen molar-refractivity contribution in [2.24, 2.45) is 0 Å². The van der Waals surface area contributed by atoms with Crippen LogP contribution in [0, 0.1) is 0 Å². The molecule has 0 aliphatic rings. The molecule has 0 bridgehead atoms. The van der Waals surface area contributed by atoms with Crippen LogP contribution in [-0.2, 0) is 16.1 Å². The Bertz CT molecular complexity index is 437. The van der Waals surface area contributed by atoms with Crippen LogP contribution in [0.1, 0.15) is 24.3 Å². The van der Waals surface area contributed by atoms with Crippen LogP contribution in [0.3, 0.4) is 0 Å². The maximum atomic E-state index is 12.0. The molecule has 6 heteroatoms. The Kier molecular flexibility index (Phi) is 4.49. The Morgan fingerprint density at radius 2 is 2.17 bits per heavy atom. The molecule has 0 aliphatic carbocycles. The van der Waals surface area contributed by atoms with Gasteiger partial charge in [0.25, 0.3) is 5.91 Å². The molecule has 1 heterocycles. The van der Waals surface area contributed by atoms with Crippen LogP contribution in [0.4, 0.5) is 0 Å². The number of hydrogen-bond acceptors (Lipinski definition) is 3. The minimum atomic E-state index is -0.989. The van der Waals surface area contributed by atoms with E-state index in [-0.39, 0.29) is 12.5 Å². The zero-order valence-electron chi connectivity index (χ0n) is 10.8. The first-order valence-electron chi connectivity index (χ1n) is 5.54. The lowest BCUT2D eigenvalue weighted by atomic mass is 10.1. The van der Waals surface area contributed by atoms with Crippen molar-refractivity contribution in [1.82, 2.24) is 9.88 Å². The molecule has 0 aromatic carbocycles. The molecule has 0 fully saturated rings. The molecule has 1 amide bonds. The highest BCUT2D eigenvalue weighted by Crippen LogP contribution is 2.07. The molecule has 0 saturated heterocycles. The Morgan fingerprint density at radius 1 is 1.50 bits per heavy atom. The van der Waals surface area contributed by atoms with E-state index < -0.39 is 11.5 Å². The molecule has 6 nitrogen and oxygen atoms in total. The van der Waals surface area contributed by atoms with Gasteiger partial charge >= 0.3 is 5.97 Å². The van der Waals surface area contributed by atoms with Gasteiger partial charge in [0.05, 0.1) is 12.1 Å². The van der Waals surface area contributed by atoms with Crippen molar-refractivity contribution in [2.75, 3.05) is 13.7 Å². The molecule has 18 heavy (non-hydrogen) atoms. The summed E-state index contributed by atoms with van der Waals surface area (Å²) in [5.74, 6) is -1.31. The maximum absolute atomic E-state index is 12.0. The largest absolute Gasteiger partial charge is 0.480 e. The summed E-state index contributed by atoms with van der Waals surface area (Å²) in [6.45, 7) is 3.80.